The van der Waals surface area contributed by atoms with E-state index in [4.69, 9.17) is 23.7 Å². The number of hydrogen-bond acceptors (Lipinski definition) is 7. The number of ether oxygens (including phenoxy) is 5. The third-order valence-electron chi connectivity index (χ3n) is 5.94. The Labute approximate surface area is 190 Å². The maximum absolute atomic E-state index is 13.0. The Balaban J connectivity index is 1.25. The van der Waals surface area contributed by atoms with Crippen LogP contribution >= 0.6 is 0 Å². The average molecular weight is 443 g/mol. The van der Waals surface area contributed by atoms with Crippen LogP contribution in [0.15, 0.2) is 60.4 Å². The first-order chi connectivity index (χ1) is 16.2. The number of benzene rings is 3. The highest BCUT2D eigenvalue weighted by molar-refractivity contribution is 6.15. The van der Waals surface area contributed by atoms with Gasteiger partial charge in [0.05, 0.1) is 18.2 Å². The van der Waals surface area contributed by atoms with Gasteiger partial charge in [0, 0.05) is 13.1 Å². The van der Waals surface area contributed by atoms with E-state index in [1.807, 2.05) is 48.5 Å². The number of Topliss-reactive ketones (excluding diaryl/α,β-unsaturated/α-hetero) is 1. The minimum atomic E-state index is -0.141. The molecule has 0 aliphatic carbocycles. The Hall–Kier alpha value is -3.97. The lowest BCUT2D eigenvalue weighted by atomic mass is 10.0. The molecule has 0 radical (unpaired) electrons. The molecular formula is C26H21NO6. The zero-order valence-electron chi connectivity index (χ0n) is 18.0. The zero-order valence-corrected chi connectivity index (χ0v) is 18.0. The summed E-state index contributed by atoms with van der Waals surface area (Å²) in [5.41, 5.74) is 3.39. The van der Waals surface area contributed by atoms with Crippen molar-refractivity contribution >= 4 is 11.9 Å². The highest BCUT2D eigenvalue weighted by Gasteiger charge is 2.33. The van der Waals surface area contributed by atoms with Crippen LogP contribution in [0.2, 0.25) is 0 Å². The molecule has 0 spiro atoms. The van der Waals surface area contributed by atoms with Crippen molar-refractivity contribution in [2.24, 2.45) is 0 Å². The van der Waals surface area contributed by atoms with Crippen LogP contribution < -0.4 is 23.7 Å². The summed E-state index contributed by atoms with van der Waals surface area (Å²) in [7, 11) is 1.65. The molecule has 0 aromatic heterocycles. The minimum absolute atomic E-state index is 0.141. The molecule has 0 saturated carbocycles. The molecule has 3 heterocycles. The fourth-order valence-electron chi connectivity index (χ4n) is 4.25. The second kappa shape index (κ2) is 7.86. The number of rotatable bonds is 4. The molecule has 0 atom stereocenters. The van der Waals surface area contributed by atoms with E-state index in [2.05, 4.69) is 4.90 Å². The molecule has 0 bridgehead atoms. The lowest BCUT2D eigenvalue weighted by Gasteiger charge is -2.29. The minimum Gasteiger partial charge on any atom is -0.497 e. The molecule has 3 aliphatic heterocycles. The standard InChI is InChI=1S/C26H21NO6/c1-29-18-5-2-16(3-6-18)12-27-13-20-21(30-14-27)9-7-19-25(28)24(33-26(19)20)11-17-4-8-22-23(10-17)32-15-31-22/h2-11H,12-15H2,1H3/b24-11-. The highest BCUT2D eigenvalue weighted by atomic mass is 16.7. The highest BCUT2D eigenvalue weighted by Crippen LogP contribution is 2.42. The molecule has 7 heteroatoms. The topological polar surface area (TPSA) is 66.5 Å². The Morgan fingerprint density at radius 3 is 2.64 bits per heavy atom. The van der Waals surface area contributed by atoms with Gasteiger partial charge in [0.15, 0.2) is 17.3 Å². The van der Waals surface area contributed by atoms with Crippen molar-refractivity contribution in [1.29, 1.82) is 0 Å². The number of ketones is 1. The number of allylic oxidation sites excluding steroid dienone is 1. The summed E-state index contributed by atoms with van der Waals surface area (Å²) in [6.07, 6.45) is 1.73. The van der Waals surface area contributed by atoms with Crippen LogP contribution in [0.5, 0.6) is 28.7 Å². The predicted molar refractivity (Wildman–Crippen MR) is 120 cm³/mol. The van der Waals surface area contributed by atoms with Crippen molar-refractivity contribution in [3.63, 3.8) is 0 Å². The Morgan fingerprint density at radius 2 is 1.79 bits per heavy atom. The summed E-state index contributed by atoms with van der Waals surface area (Å²) in [5, 5.41) is 0. The summed E-state index contributed by atoms with van der Waals surface area (Å²) in [6, 6.07) is 17.1. The quantitative estimate of drug-likeness (QED) is 0.554. The van der Waals surface area contributed by atoms with Gasteiger partial charge in [-0.1, -0.05) is 18.2 Å². The predicted octanol–water partition coefficient (Wildman–Crippen LogP) is 4.39. The van der Waals surface area contributed by atoms with Gasteiger partial charge in [-0.05, 0) is 53.6 Å². The van der Waals surface area contributed by atoms with Crippen molar-refractivity contribution < 1.29 is 28.5 Å². The van der Waals surface area contributed by atoms with Crippen molar-refractivity contribution in [1.82, 2.24) is 4.90 Å². The molecule has 0 saturated heterocycles. The first-order valence-corrected chi connectivity index (χ1v) is 10.7. The van der Waals surface area contributed by atoms with E-state index in [9.17, 15) is 4.79 Å². The fraction of sp³-hybridized carbons (Fsp3) is 0.192. The fourth-order valence-corrected chi connectivity index (χ4v) is 4.25. The molecule has 0 unspecified atom stereocenters. The van der Waals surface area contributed by atoms with Crippen molar-refractivity contribution in [2.45, 2.75) is 13.1 Å². The lowest BCUT2D eigenvalue weighted by Crippen LogP contribution is -2.31. The Bertz CT molecular complexity index is 1280. The van der Waals surface area contributed by atoms with E-state index in [0.717, 1.165) is 28.2 Å². The summed E-state index contributed by atoms with van der Waals surface area (Å²) in [5.74, 6) is 3.64. The number of hydrogen-bond donors (Lipinski definition) is 0. The van der Waals surface area contributed by atoms with Gasteiger partial charge in [-0.3, -0.25) is 9.69 Å². The van der Waals surface area contributed by atoms with Crippen molar-refractivity contribution in [2.75, 3.05) is 20.6 Å². The van der Waals surface area contributed by atoms with Gasteiger partial charge in [0.1, 0.15) is 24.0 Å². The van der Waals surface area contributed by atoms with E-state index in [1.165, 1.54) is 0 Å². The van der Waals surface area contributed by atoms with Gasteiger partial charge >= 0.3 is 0 Å². The molecule has 7 nitrogen and oxygen atoms in total. The molecule has 6 rings (SSSR count). The molecule has 0 amide bonds. The maximum atomic E-state index is 13.0. The van der Waals surface area contributed by atoms with Crippen molar-refractivity contribution in [3.05, 3.63) is 82.6 Å². The Kier molecular flexibility index (Phi) is 4.69. The van der Waals surface area contributed by atoms with E-state index in [0.29, 0.717) is 42.6 Å². The first kappa shape index (κ1) is 19.7. The zero-order chi connectivity index (χ0) is 22.4. The number of fused-ring (bicyclic) bond motifs is 4. The van der Waals surface area contributed by atoms with Crippen LogP contribution in [0.3, 0.4) is 0 Å². The van der Waals surface area contributed by atoms with Crippen LogP contribution in [0.1, 0.15) is 27.0 Å². The second-order valence-corrected chi connectivity index (χ2v) is 8.08. The lowest BCUT2D eigenvalue weighted by molar-refractivity contribution is 0.0872. The molecule has 33 heavy (non-hydrogen) atoms. The Morgan fingerprint density at radius 1 is 0.970 bits per heavy atom. The molecule has 3 aliphatic rings. The van der Waals surface area contributed by atoms with Gasteiger partial charge in [-0.2, -0.15) is 0 Å². The number of carbonyl (C=O) groups is 1. The summed E-state index contributed by atoms with van der Waals surface area (Å²) >= 11 is 0. The van der Waals surface area contributed by atoms with Crippen LogP contribution in [-0.2, 0) is 13.1 Å². The molecule has 166 valence electrons. The van der Waals surface area contributed by atoms with E-state index >= 15 is 0 Å². The summed E-state index contributed by atoms with van der Waals surface area (Å²) < 4.78 is 28.1. The van der Waals surface area contributed by atoms with E-state index in [-0.39, 0.29) is 18.3 Å². The van der Waals surface area contributed by atoms with Crippen LogP contribution in [0.4, 0.5) is 0 Å². The third-order valence-corrected chi connectivity index (χ3v) is 5.94. The average Bonchev–Trinajstić information content (AvgIpc) is 3.44. The van der Waals surface area contributed by atoms with Crippen molar-refractivity contribution in [3.8, 4) is 28.7 Å². The normalized spacial score (nSPS) is 17.4. The van der Waals surface area contributed by atoms with Crippen LogP contribution in [-0.4, -0.2) is 31.3 Å². The van der Waals surface area contributed by atoms with Gasteiger partial charge in [-0.15, -0.1) is 0 Å². The molecule has 3 aromatic rings. The number of carbonyl (C=O) groups excluding carboxylic acids is 1. The molecule has 3 aromatic carbocycles. The summed E-state index contributed by atoms with van der Waals surface area (Å²) in [6.45, 7) is 2.00. The SMILES string of the molecule is COc1ccc(CN2COc3ccc4c(c3C2)O/C(=C\c2ccc3c(c2)OCO3)C4=O)cc1. The van der Waals surface area contributed by atoms with Crippen LogP contribution in [0.25, 0.3) is 6.08 Å². The number of nitrogens with zero attached hydrogens (tertiary/aromatic N) is 1. The van der Waals surface area contributed by atoms with Gasteiger partial charge in [-0.25, -0.2) is 0 Å². The molecular weight excluding hydrogens is 422 g/mol. The molecule has 0 fully saturated rings. The first-order valence-electron chi connectivity index (χ1n) is 10.7. The smallest absolute Gasteiger partial charge is 0.231 e. The molecule has 0 N–H and O–H groups in total. The maximum Gasteiger partial charge on any atom is 0.231 e. The second-order valence-electron chi connectivity index (χ2n) is 8.08. The third kappa shape index (κ3) is 3.56. The van der Waals surface area contributed by atoms with Gasteiger partial charge < -0.3 is 23.7 Å². The largest absolute Gasteiger partial charge is 0.497 e. The van der Waals surface area contributed by atoms with E-state index < -0.39 is 0 Å². The van der Waals surface area contributed by atoms with Gasteiger partial charge in [0.25, 0.3) is 0 Å². The van der Waals surface area contributed by atoms with Gasteiger partial charge in [0.2, 0.25) is 12.6 Å². The van der Waals surface area contributed by atoms with E-state index in [1.54, 1.807) is 19.3 Å². The number of methoxy groups -OCH3 is 1. The monoisotopic (exact) mass is 443 g/mol. The van der Waals surface area contributed by atoms with Crippen LogP contribution in [0, 0.1) is 0 Å². The summed E-state index contributed by atoms with van der Waals surface area (Å²) in [4.78, 5) is 15.2.